The molecule has 0 aliphatic rings. The van der Waals surface area contributed by atoms with Crippen molar-refractivity contribution in [2.45, 2.75) is 51.2 Å². The van der Waals surface area contributed by atoms with E-state index < -0.39 is 35.9 Å². The summed E-state index contributed by atoms with van der Waals surface area (Å²) in [6.07, 6.45) is 4.90. The van der Waals surface area contributed by atoms with Gasteiger partial charge in [0.1, 0.15) is 12.1 Å². The van der Waals surface area contributed by atoms with E-state index in [0.29, 0.717) is 12.2 Å². The number of carboxylic acid groups (broad SMARTS) is 1. The number of aromatic nitrogens is 1. The van der Waals surface area contributed by atoms with Crippen LogP contribution in [0.1, 0.15) is 32.3 Å². The third kappa shape index (κ3) is 6.73. The van der Waals surface area contributed by atoms with Crippen LogP contribution in [0.4, 0.5) is 0 Å². The summed E-state index contributed by atoms with van der Waals surface area (Å²) in [4.78, 5) is 40.5. The van der Waals surface area contributed by atoms with Gasteiger partial charge in [0.25, 0.3) is 0 Å². The molecule has 170 valence electrons. The molecule has 1 aromatic carbocycles. The van der Waals surface area contributed by atoms with Crippen molar-refractivity contribution in [2.75, 3.05) is 12.0 Å². The highest BCUT2D eigenvalue weighted by Gasteiger charge is 2.29. The van der Waals surface area contributed by atoms with Crippen LogP contribution < -0.4 is 16.4 Å². The molecule has 4 unspecified atom stereocenters. The molecule has 4 atom stereocenters. The van der Waals surface area contributed by atoms with E-state index in [2.05, 4.69) is 15.6 Å². The molecular weight excluding hydrogens is 416 g/mol. The Hall–Kier alpha value is -2.52. The van der Waals surface area contributed by atoms with E-state index in [1.807, 2.05) is 44.4 Å². The molecule has 0 aliphatic heterocycles. The van der Waals surface area contributed by atoms with Gasteiger partial charge in [-0.05, 0) is 36.0 Å². The maximum Gasteiger partial charge on any atom is 0.326 e. The van der Waals surface area contributed by atoms with Crippen molar-refractivity contribution in [2.24, 2.45) is 11.7 Å². The fraction of sp³-hybridized carbons (Fsp3) is 0.500. The summed E-state index contributed by atoms with van der Waals surface area (Å²) in [5.74, 6) is -1.52. The van der Waals surface area contributed by atoms with E-state index in [-0.39, 0.29) is 12.3 Å². The highest BCUT2D eigenvalue weighted by Crippen LogP contribution is 2.19. The van der Waals surface area contributed by atoms with Crippen molar-refractivity contribution in [3.8, 4) is 0 Å². The van der Waals surface area contributed by atoms with Gasteiger partial charge in [-0.25, -0.2) is 4.79 Å². The lowest BCUT2D eigenvalue weighted by Gasteiger charge is -2.24. The van der Waals surface area contributed by atoms with Gasteiger partial charge < -0.3 is 26.5 Å². The molecule has 0 spiro atoms. The Bertz CT molecular complexity index is 901. The summed E-state index contributed by atoms with van der Waals surface area (Å²) in [7, 11) is 0. The van der Waals surface area contributed by atoms with Crippen LogP contribution in [0.3, 0.4) is 0 Å². The minimum Gasteiger partial charge on any atom is -0.480 e. The molecule has 0 radical (unpaired) electrons. The van der Waals surface area contributed by atoms with E-state index in [1.54, 1.807) is 6.20 Å². The molecule has 1 heterocycles. The van der Waals surface area contributed by atoms with Gasteiger partial charge in [0.05, 0.1) is 6.04 Å². The van der Waals surface area contributed by atoms with Crippen LogP contribution in [0.25, 0.3) is 10.9 Å². The SMILES string of the molecule is CCC(C)C(N)C(=O)NC(Cc1c[nH]c2ccccc12)C(=O)NC(CCSC)C(=O)O. The van der Waals surface area contributed by atoms with Crippen molar-refractivity contribution in [3.05, 3.63) is 36.0 Å². The standard InChI is InChI=1S/C22H32N4O4S/c1-4-13(2)19(23)21(28)26-18(20(27)25-17(22(29)30)9-10-31-3)11-14-12-24-16-8-6-5-7-15(14)16/h5-8,12-13,17-19,24H,4,9-11,23H2,1-3H3,(H,25,27)(H,26,28)(H,29,30). The highest BCUT2D eigenvalue weighted by molar-refractivity contribution is 7.98. The van der Waals surface area contributed by atoms with Gasteiger partial charge in [-0.3, -0.25) is 9.59 Å². The van der Waals surface area contributed by atoms with Crippen LogP contribution in [0.5, 0.6) is 0 Å². The van der Waals surface area contributed by atoms with Crippen LogP contribution >= 0.6 is 11.8 Å². The van der Waals surface area contributed by atoms with Gasteiger partial charge in [-0.15, -0.1) is 0 Å². The van der Waals surface area contributed by atoms with Crippen LogP contribution in [0, 0.1) is 5.92 Å². The number of carbonyl (C=O) groups is 3. The fourth-order valence-corrected chi connectivity index (χ4v) is 3.75. The highest BCUT2D eigenvalue weighted by atomic mass is 32.2. The Morgan fingerprint density at radius 1 is 1.16 bits per heavy atom. The molecule has 0 aliphatic carbocycles. The molecule has 2 rings (SSSR count). The Balaban J connectivity index is 2.24. The van der Waals surface area contributed by atoms with E-state index >= 15 is 0 Å². The topological polar surface area (TPSA) is 137 Å². The minimum absolute atomic E-state index is 0.0508. The predicted molar refractivity (Wildman–Crippen MR) is 124 cm³/mol. The first-order valence-electron chi connectivity index (χ1n) is 10.4. The number of nitrogens with one attached hydrogen (secondary N) is 3. The summed E-state index contributed by atoms with van der Waals surface area (Å²) in [5, 5.41) is 15.7. The zero-order valence-corrected chi connectivity index (χ0v) is 19.0. The molecule has 6 N–H and O–H groups in total. The van der Waals surface area contributed by atoms with Gasteiger partial charge >= 0.3 is 5.97 Å². The second-order valence-corrected chi connectivity index (χ2v) is 8.70. The number of thioether (sulfide) groups is 1. The zero-order valence-electron chi connectivity index (χ0n) is 18.2. The lowest BCUT2D eigenvalue weighted by molar-refractivity contribution is -0.142. The smallest absolute Gasteiger partial charge is 0.326 e. The Labute approximate surface area is 186 Å². The van der Waals surface area contributed by atoms with E-state index in [9.17, 15) is 19.5 Å². The molecule has 9 heteroatoms. The molecule has 0 saturated heterocycles. The number of aliphatic carboxylic acids is 1. The monoisotopic (exact) mass is 448 g/mol. The van der Waals surface area contributed by atoms with Crippen molar-refractivity contribution in [1.82, 2.24) is 15.6 Å². The summed E-state index contributed by atoms with van der Waals surface area (Å²) < 4.78 is 0. The number of fused-ring (bicyclic) bond motifs is 1. The molecule has 0 fully saturated rings. The molecule has 2 amide bonds. The third-order valence-corrected chi connectivity index (χ3v) is 6.16. The quantitative estimate of drug-likeness (QED) is 0.336. The van der Waals surface area contributed by atoms with Crippen molar-refractivity contribution >= 4 is 40.4 Å². The molecule has 0 saturated carbocycles. The summed E-state index contributed by atoms with van der Waals surface area (Å²) in [6, 6.07) is 4.94. The number of hydrogen-bond acceptors (Lipinski definition) is 5. The Morgan fingerprint density at radius 2 is 1.84 bits per heavy atom. The summed E-state index contributed by atoms with van der Waals surface area (Å²) in [6.45, 7) is 3.82. The number of carbonyl (C=O) groups excluding carboxylic acids is 2. The lowest BCUT2D eigenvalue weighted by Crippen LogP contribution is -2.56. The summed E-state index contributed by atoms with van der Waals surface area (Å²) >= 11 is 1.50. The number of nitrogens with two attached hydrogens (primary N) is 1. The molecule has 2 aromatic rings. The number of carboxylic acids is 1. The zero-order chi connectivity index (χ0) is 23.0. The minimum atomic E-state index is -1.10. The van der Waals surface area contributed by atoms with E-state index in [4.69, 9.17) is 5.73 Å². The number of H-pyrrole nitrogens is 1. The number of aromatic amines is 1. The van der Waals surface area contributed by atoms with Crippen LogP contribution in [-0.2, 0) is 20.8 Å². The van der Waals surface area contributed by atoms with Gasteiger partial charge in [-0.2, -0.15) is 11.8 Å². The first kappa shape index (κ1) is 24.7. The average molecular weight is 449 g/mol. The van der Waals surface area contributed by atoms with Gasteiger partial charge in [0, 0.05) is 23.5 Å². The number of para-hydroxylation sites is 1. The molecule has 31 heavy (non-hydrogen) atoms. The fourth-order valence-electron chi connectivity index (χ4n) is 3.28. The largest absolute Gasteiger partial charge is 0.480 e. The second-order valence-electron chi connectivity index (χ2n) is 7.72. The first-order valence-corrected chi connectivity index (χ1v) is 11.8. The van der Waals surface area contributed by atoms with Crippen LogP contribution in [-0.4, -0.2) is 58.0 Å². The maximum absolute atomic E-state index is 13.0. The number of benzene rings is 1. The number of rotatable bonds is 12. The predicted octanol–water partition coefficient (Wildman–Crippen LogP) is 1.89. The maximum atomic E-state index is 13.0. The second kappa shape index (κ2) is 11.8. The molecule has 8 nitrogen and oxygen atoms in total. The van der Waals surface area contributed by atoms with Crippen LogP contribution in [0.2, 0.25) is 0 Å². The van der Waals surface area contributed by atoms with Crippen LogP contribution in [0.15, 0.2) is 30.5 Å². The normalized spacial score (nSPS) is 15.1. The third-order valence-electron chi connectivity index (χ3n) is 5.52. The van der Waals surface area contributed by atoms with Crippen molar-refractivity contribution in [3.63, 3.8) is 0 Å². The van der Waals surface area contributed by atoms with E-state index in [1.165, 1.54) is 11.8 Å². The molecular formula is C22H32N4O4S. The lowest BCUT2D eigenvalue weighted by atomic mass is 9.98. The molecule has 1 aromatic heterocycles. The van der Waals surface area contributed by atoms with Gasteiger partial charge in [0.15, 0.2) is 0 Å². The number of hydrogen-bond donors (Lipinski definition) is 5. The summed E-state index contributed by atoms with van der Waals surface area (Å²) in [5.41, 5.74) is 7.82. The van der Waals surface area contributed by atoms with Gasteiger partial charge in [0.2, 0.25) is 11.8 Å². The Morgan fingerprint density at radius 3 is 2.48 bits per heavy atom. The molecule has 0 bridgehead atoms. The van der Waals surface area contributed by atoms with Crippen molar-refractivity contribution in [1.29, 1.82) is 0 Å². The first-order chi connectivity index (χ1) is 14.8. The van der Waals surface area contributed by atoms with Gasteiger partial charge in [-0.1, -0.05) is 38.5 Å². The average Bonchev–Trinajstić information content (AvgIpc) is 3.17. The van der Waals surface area contributed by atoms with Crippen molar-refractivity contribution < 1.29 is 19.5 Å². The number of amides is 2. The van der Waals surface area contributed by atoms with E-state index in [0.717, 1.165) is 22.9 Å². The Kier molecular flexibility index (Phi) is 9.39.